The van der Waals surface area contributed by atoms with Crippen molar-refractivity contribution in [1.29, 1.82) is 0 Å². The molecule has 1 fully saturated rings. The molecular weight excluding hydrogens is 244 g/mol. The second-order valence-electron chi connectivity index (χ2n) is 6.64. The SMILES string of the molecule is CCOC(=O)C1(C(=O)OCC)CC(C)(C)C(C)(C)C1. The molecule has 0 unspecified atom stereocenters. The smallest absolute Gasteiger partial charge is 0.323 e. The number of esters is 2. The maximum Gasteiger partial charge on any atom is 0.323 e. The molecule has 0 atom stereocenters. The Labute approximate surface area is 115 Å². The van der Waals surface area contributed by atoms with Crippen LogP contribution >= 0.6 is 0 Å². The van der Waals surface area contributed by atoms with Crippen LogP contribution in [0.3, 0.4) is 0 Å². The van der Waals surface area contributed by atoms with Crippen molar-refractivity contribution in [1.82, 2.24) is 0 Å². The van der Waals surface area contributed by atoms with Gasteiger partial charge in [0.15, 0.2) is 5.41 Å². The Kier molecular flexibility index (Phi) is 4.33. The minimum absolute atomic E-state index is 0.119. The molecule has 0 aromatic rings. The molecule has 0 aromatic carbocycles. The zero-order valence-electron chi connectivity index (χ0n) is 13.0. The summed E-state index contributed by atoms with van der Waals surface area (Å²) in [5, 5.41) is 0. The van der Waals surface area contributed by atoms with Gasteiger partial charge in [-0.2, -0.15) is 0 Å². The highest BCUT2D eigenvalue weighted by Crippen LogP contribution is 2.60. The number of hydrogen-bond acceptors (Lipinski definition) is 4. The van der Waals surface area contributed by atoms with E-state index in [1.807, 2.05) is 0 Å². The Morgan fingerprint density at radius 3 is 1.42 bits per heavy atom. The van der Waals surface area contributed by atoms with Crippen molar-refractivity contribution in [2.45, 2.75) is 54.4 Å². The van der Waals surface area contributed by atoms with Crippen molar-refractivity contribution in [2.24, 2.45) is 16.2 Å². The summed E-state index contributed by atoms with van der Waals surface area (Å²) in [5.74, 6) is -0.876. The fourth-order valence-electron chi connectivity index (χ4n) is 2.96. The molecule has 0 aliphatic heterocycles. The highest BCUT2D eigenvalue weighted by molar-refractivity contribution is 6.00. The van der Waals surface area contributed by atoms with Gasteiger partial charge in [0.05, 0.1) is 13.2 Å². The lowest BCUT2D eigenvalue weighted by Gasteiger charge is -2.34. The Balaban J connectivity index is 3.17. The maximum atomic E-state index is 12.3. The summed E-state index contributed by atoms with van der Waals surface area (Å²) in [5.41, 5.74) is -1.38. The molecule has 0 saturated heterocycles. The number of carbonyl (C=O) groups is 2. The van der Waals surface area contributed by atoms with Gasteiger partial charge in [-0.1, -0.05) is 27.7 Å². The molecule has 0 bridgehead atoms. The third-order valence-electron chi connectivity index (χ3n) is 4.65. The minimum atomic E-state index is -1.14. The highest BCUT2D eigenvalue weighted by Gasteiger charge is 2.63. The predicted molar refractivity (Wildman–Crippen MR) is 72.5 cm³/mol. The van der Waals surface area contributed by atoms with Crippen molar-refractivity contribution in [3.05, 3.63) is 0 Å². The van der Waals surface area contributed by atoms with Gasteiger partial charge in [0.2, 0.25) is 0 Å². The first-order valence-corrected chi connectivity index (χ1v) is 6.97. The molecule has 4 heteroatoms. The molecule has 0 spiro atoms. The Morgan fingerprint density at radius 1 is 0.842 bits per heavy atom. The van der Waals surface area contributed by atoms with Gasteiger partial charge in [-0.15, -0.1) is 0 Å². The molecule has 0 heterocycles. The van der Waals surface area contributed by atoms with E-state index < -0.39 is 17.4 Å². The number of carbonyl (C=O) groups excluding carboxylic acids is 2. The fraction of sp³-hybridized carbons (Fsp3) is 0.867. The zero-order valence-corrected chi connectivity index (χ0v) is 13.0. The van der Waals surface area contributed by atoms with Gasteiger partial charge in [0.1, 0.15) is 0 Å². The van der Waals surface area contributed by atoms with E-state index in [-0.39, 0.29) is 24.0 Å². The van der Waals surface area contributed by atoms with Crippen LogP contribution in [0.4, 0.5) is 0 Å². The van der Waals surface area contributed by atoms with Crippen LogP contribution in [0.5, 0.6) is 0 Å². The summed E-state index contributed by atoms with van der Waals surface area (Å²) in [6, 6.07) is 0. The van der Waals surface area contributed by atoms with Gasteiger partial charge in [0, 0.05) is 0 Å². The van der Waals surface area contributed by atoms with E-state index in [4.69, 9.17) is 9.47 Å². The third kappa shape index (κ3) is 2.63. The summed E-state index contributed by atoms with van der Waals surface area (Å²) in [6.07, 6.45) is 0.954. The highest BCUT2D eigenvalue weighted by atomic mass is 16.6. The molecular formula is C15H26O4. The summed E-state index contributed by atoms with van der Waals surface area (Å²) in [4.78, 5) is 24.7. The molecule has 0 amide bonds. The quantitative estimate of drug-likeness (QED) is 0.582. The molecule has 0 aromatic heterocycles. The topological polar surface area (TPSA) is 52.6 Å². The largest absolute Gasteiger partial charge is 0.465 e. The van der Waals surface area contributed by atoms with Crippen molar-refractivity contribution in [3.63, 3.8) is 0 Å². The predicted octanol–water partition coefficient (Wildman–Crippen LogP) is 2.95. The van der Waals surface area contributed by atoms with E-state index >= 15 is 0 Å². The first-order chi connectivity index (χ1) is 8.63. The number of hydrogen-bond donors (Lipinski definition) is 0. The number of rotatable bonds is 4. The first kappa shape index (κ1) is 16.0. The molecule has 0 radical (unpaired) electrons. The van der Waals surface area contributed by atoms with Gasteiger partial charge >= 0.3 is 11.9 Å². The minimum Gasteiger partial charge on any atom is -0.465 e. The Hall–Kier alpha value is -1.06. The molecule has 1 aliphatic rings. The molecule has 110 valence electrons. The van der Waals surface area contributed by atoms with E-state index in [9.17, 15) is 9.59 Å². The van der Waals surface area contributed by atoms with E-state index in [2.05, 4.69) is 27.7 Å². The van der Waals surface area contributed by atoms with E-state index in [0.29, 0.717) is 12.8 Å². The van der Waals surface area contributed by atoms with Crippen LogP contribution in [0.1, 0.15) is 54.4 Å². The van der Waals surface area contributed by atoms with Gasteiger partial charge in [-0.3, -0.25) is 9.59 Å². The van der Waals surface area contributed by atoms with Crippen LogP contribution in [0.2, 0.25) is 0 Å². The lowest BCUT2D eigenvalue weighted by atomic mass is 9.71. The molecule has 1 saturated carbocycles. The van der Waals surface area contributed by atoms with Crippen molar-refractivity contribution < 1.29 is 19.1 Å². The summed E-state index contributed by atoms with van der Waals surface area (Å²) in [6.45, 7) is 12.4. The third-order valence-corrected chi connectivity index (χ3v) is 4.65. The van der Waals surface area contributed by atoms with Crippen LogP contribution < -0.4 is 0 Å². The maximum absolute atomic E-state index is 12.3. The van der Waals surface area contributed by atoms with Gasteiger partial charge in [-0.25, -0.2) is 0 Å². The van der Waals surface area contributed by atoms with Crippen LogP contribution in [0.25, 0.3) is 0 Å². The van der Waals surface area contributed by atoms with Crippen LogP contribution in [0.15, 0.2) is 0 Å². The van der Waals surface area contributed by atoms with Crippen molar-refractivity contribution in [3.8, 4) is 0 Å². The van der Waals surface area contributed by atoms with Gasteiger partial charge in [-0.05, 0) is 37.5 Å². The van der Waals surface area contributed by atoms with E-state index in [0.717, 1.165) is 0 Å². The average Bonchev–Trinajstić information content (AvgIpc) is 2.47. The molecule has 0 N–H and O–H groups in total. The number of ether oxygens (including phenoxy) is 2. The van der Waals surface area contributed by atoms with Crippen LogP contribution in [0, 0.1) is 16.2 Å². The summed E-state index contributed by atoms with van der Waals surface area (Å²) < 4.78 is 10.3. The standard InChI is InChI=1S/C15H26O4/c1-7-18-11(16)15(12(17)19-8-2)9-13(3,4)14(5,6)10-15/h7-10H2,1-6H3. The van der Waals surface area contributed by atoms with Crippen LogP contribution in [-0.4, -0.2) is 25.2 Å². The molecule has 19 heavy (non-hydrogen) atoms. The lowest BCUT2D eigenvalue weighted by molar-refractivity contribution is -0.172. The second kappa shape index (κ2) is 5.14. The lowest BCUT2D eigenvalue weighted by Crippen LogP contribution is -2.41. The average molecular weight is 270 g/mol. The summed E-state index contributed by atoms with van der Waals surface area (Å²) >= 11 is 0. The van der Waals surface area contributed by atoms with E-state index in [1.165, 1.54) is 0 Å². The second-order valence-corrected chi connectivity index (χ2v) is 6.64. The van der Waals surface area contributed by atoms with E-state index in [1.54, 1.807) is 13.8 Å². The molecule has 1 rings (SSSR count). The Bertz CT molecular complexity index is 332. The van der Waals surface area contributed by atoms with Gasteiger partial charge in [0.25, 0.3) is 0 Å². The molecule has 1 aliphatic carbocycles. The Morgan fingerprint density at radius 2 is 1.16 bits per heavy atom. The monoisotopic (exact) mass is 270 g/mol. The van der Waals surface area contributed by atoms with Crippen molar-refractivity contribution in [2.75, 3.05) is 13.2 Å². The van der Waals surface area contributed by atoms with Crippen LogP contribution in [-0.2, 0) is 19.1 Å². The molecule has 4 nitrogen and oxygen atoms in total. The van der Waals surface area contributed by atoms with Crippen molar-refractivity contribution >= 4 is 11.9 Å². The van der Waals surface area contributed by atoms with Gasteiger partial charge < -0.3 is 9.47 Å². The normalized spacial score (nSPS) is 22.8. The zero-order chi connectivity index (χ0) is 14.9. The first-order valence-electron chi connectivity index (χ1n) is 6.97. The summed E-state index contributed by atoms with van der Waals surface area (Å²) in [7, 11) is 0. The fourth-order valence-corrected chi connectivity index (χ4v) is 2.96.